The summed E-state index contributed by atoms with van der Waals surface area (Å²) < 4.78 is 10.4. The van der Waals surface area contributed by atoms with Crippen LogP contribution in [0.15, 0.2) is 73.1 Å². The third-order valence-corrected chi connectivity index (χ3v) is 10.3. The van der Waals surface area contributed by atoms with Crippen LogP contribution in [0.2, 0.25) is 0 Å². The molecule has 4 heterocycles. The molecule has 54 heavy (non-hydrogen) atoms. The number of likely N-dealkylation sites (tertiary alicyclic amines) is 2. The average molecular weight is 732 g/mol. The molecule has 2 saturated heterocycles. The summed E-state index contributed by atoms with van der Waals surface area (Å²) in [5.41, 5.74) is 5.47. The van der Waals surface area contributed by atoms with Crippen molar-refractivity contribution >= 4 is 28.9 Å². The van der Waals surface area contributed by atoms with E-state index in [0.29, 0.717) is 13.1 Å². The second-order valence-electron chi connectivity index (χ2n) is 15.6. The summed E-state index contributed by atoms with van der Waals surface area (Å²) in [7, 11) is 1.30. The predicted octanol–water partition coefficient (Wildman–Crippen LogP) is 8.40. The van der Waals surface area contributed by atoms with Crippen LogP contribution < -0.4 is 5.32 Å². The molecule has 3 atom stereocenters. The van der Waals surface area contributed by atoms with Crippen LogP contribution in [0.25, 0.3) is 44.4 Å². The summed E-state index contributed by atoms with van der Waals surface area (Å²) in [6.45, 7) is 10.7. The SMILES string of the molecule is COC(=O)N[C@H](C(=O)N1CCCC1c1ncc(-c2ccc(-c3ccc4cc(-c5cnc([C@@H]6CCCN6C(=O)OC(C)(C)C)[nH]5)ccc4c3)cc2)[nH]1)C(C)C. The maximum atomic E-state index is 13.5. The minimum absolute atomic E-state index is 0.0953. The molecule has 0 spiro atoms. The summed E-state index contributed by atoms with van der Waals surface area (Å²) in [6, 6.07) is 20.2. The Morgan fingerprint density at radius 1 is 0.759 bits per heavy atom. The molecule has 3 N–H and O–H groups in total. The number of alkyl carbamates (subject to hydrolysis) is 1. The fourth-order valence-electron chi connectivity index (χ4n) is 7.52. The Hall–Kier alpha value is -5.65. The summed E-state index contributed by atoms with van der Waals surface area (Å²) in [4.78, 5) is 58.2. The van der Waals surface area contributed by atoms with Crippen molar-refractivity contribution in [2.75, 3.05) is 20.2 Å². The lowest BCUT2D eigenvalue weighted by atomic mass is 9.98. The van der Waals surface area contributed by atoms with Gasteiger partial charge >= 0.3 is 12.2 Å². The van der Waals surface area contributed by atoms with E-state index in [0.717, 1.165) is 81.7 Å². The van der Waals surface area contributed by atoms with Gasteiger partial charge in [0, 0.05) is 18.7 Å². The van der Waals surface area contributed by atoms with Gasteiger partial charge in [-0.2, -0.15) is 0 Å². The number of aromatic nitrogens is 4. The highest BCUT2D eigenvalue weighted by atomic mass is 16.6. The molecule has 2 aliphatic rings. The highest BCUT2D eigenvalue weighted by Gasteiger charge is 2.38. The van der Waals surface area contributed by atoms with E-state index >= 15 is 0 Å². The minimum atomic E-state index is -0.677. The van der Waals surface area contributed by atoms with Crippen molar-refractivity contribution in [3.63, 3.8) is 0 Å². The largest absolute Gasteiger partial charge is 0.453 e. The Kier molecular flexibility index (Phi) is 10.2. The van der Waals surface area contributed by atoms with Crippen LogP contribution >= 0.6 is 0 Å². The lowest BCUT2D eigenvalue weighted by Crippen LogP contribution is -2.51. The van der Waals surface area contributed by atoms with Gasteiger partial charge in [-0.3, -0.25) is 9.69 Å². The number of amides is 3. The van der Waals surface area contributed by atoms with Crippen LogP contribution in [0.1, 0.15) is 84.0 Å². The zero-order valence-corrected chi connectivity index (χ0v) is 31.8. The Labute approximate surface area is 315 Å². The standard InChI is InChI=1S/C42H49N7O5/c1-25(2)36(47-40(51)53-6)39(50)48-19-7-9-34(48)37-43-23-32(45-37)27-13-11-26(12-14-27)28-15-16-30-22-31(18-17-29(30)21-28)33-24-44-38(46-33)35-10-8-20-49(35)41(52)54-42(3,4)5/h11-18,21-25,34-36H,7-10,19-20H2,1-6H3,(H,43,45)(H,44,46)(H,47,51)/t34?,35-,36-/m0/s1. The molecule has 0 radical (unpaired) electrons. The Morgan fingerprint density at radius 2 is 1.28 bits per heavy atom. The Balaban J connectivity index is 1.03. The number of nitrogens with one attached hydrogen (secondary N) is 3. The van der Waals surface area contributed by atoms with Gasteiger partial charge in [0.25, 0.3) is 0 Å². The van der Waals surface area contributed by atoms with Crippen molar-refractivity contribution in [1.29, 1.82) is 0 Å². The molecule has 2 aromatic heterocycles. The first kappa shape index (κ1) is 36.7. The number of nitrogens with zero attached hydrogens (tertiary/aromatic N) is 4. The first-order valence-corrected chi connectivity index (χ1v) is 18.8. The van der Waals surface area contributed by atoms with Crippen LogP contribution in [-0.4, -0.2) is 79.7 Å². The van der Waals surface area contributed by atoms with Gasteiger partial charge < -0.3 is 29.7 Å². The van der Waals surface area contributed by atoms with Crippen LogP contribution in [-0.2, 0) is 14.3 Å². The quantitative estimate of drug-likeness (QED) is 0.145. The van der Waals surface area contributed by atoms with Crippen LogP contribution in [0.5, 0.6) is 0 Å². The van der Waals surface area contributed by atoms with Crippen LogP contribution in [0, 0.1) is 5.92 Å². The summed E-state index contributed by atoms with van der Waals surface area (Å²) in [6.07, 6.45) is 6.15. The molecular weight excluding hydrogens is 683 g/mol. The topological polar surface area (TPSA) is 146 Å². The fraction of sp³-hybridized carbons (Fsp3) is 0.405. The molecule has 0 bridgehead atoms. The van der Waals surface area contributed by atoms with E-state index in [-0.39, 0.29) is 30.0 Å². The van der Waals surface area contributed by atoms with E-state index < -0.39 is 17.7 Å². The van der Waals surface area contributed by atoms with Gasteiger partial charge in [-0.25, -0.2) is 19.6 Å². The number of ether oxygens (including phenoxy) is 2. The van der Waals surface area contributed by atoms with Gasteiger partial charge in [-0.1, -0.05) is 62.4 Å². The van der Waals surface area contributed by atoms with Crippen molar-refractivity contribution in [2.24, 2.45) is 5.92 Å². The number of benzene rings is 3. The second-order valence-corrected chi connectivity index (χ2v) is 15.6. The maximum absolute atomic E-state index is 13.5. The molecule has 3 amide bonds. The number of hydrogen-bond donors (Lipinski definition) is 3. The summed E-state index contributed by atoms with van der Waals surface area (Å²) in [5, 5.41) is 4.95. The zero-order valence-electron chi connectivity index (χ0n) is 31.8. The number of H-pyrrole nitrogens is 2. The molecule has 2 fully saturated rings. The third kappa shape index (κ3) is 7.69. The Morgan fingerprint density at radius 3 is 1.87 bits per heavy atom. The number of rotatable bonds is 8. The molecule has 12 heteroatoms. The highest BCUT2D eigenvalue weighted by Crippen LogP contribution is 2.35. The fourth-order valence-corrected chi connectivity index (χ4v) is 7.52. The van der Waals surface area contributed by atoms with Crippen molar-refractivity contribution in [2.45, 2.75) is 84.0 Å². The van der Waals surface area contributed by atoms with E-state index in [1.165, 1.54) is 7.11 Å². The van der Waals surface area contributed by atoms with Gasteiger partial charge in [0.1, 0.15) is 23.3 Å². The Bertz CT molecular complexity index is 2150. The van der Waals surface area contributed by atoms with Crippen molar-refractivity contribution < 1.29 is 23.9 Å². The lowest BCUT2D eigenvalue weighted by Gasteiger charge is -2.30. The van der Waals surface area contributed by atoms with E-state index in [4.69, 9.17) is 9.47 Å². The molecule has 282 valence electrons. The highest BCUT2D eigenvalue weighted by molar-refractivity contribution is 5.91. The van der Waals surface area contributed by atoms with Gasteiger partial charge in [-0.15, -0.1) is 0 Å². The first-order chi connectivity index (χ1) is 25.9. The number of hydrogen-bond acceptors (Lipinski definition) is 7. The average Bonchev–Trinajstić information content (AvgIpc) is 3.98. The molecule has 0 aliphatic carbocycles. The smallest absolute Gasteiger partial charge is 0.410 e. The first-order valence-electron chi connectivity index (χ1n) is 18.8. The van der Waals surface area contributed by atoms with E-state index in [1.807, 2.05) is 51.9 Å². The van der Waals surface area contributed by atoms with Crippen molar-refractivity contribution in [3.8, 4) is 33.6 Å². The van der Waals surface area contributed by atoms with Gasteiger partial charge in [0.2, 0.25) is 5.91 Å². The molecule has 5 aromatic rings. The van der Waals surface area contributed by atoms with Crippen LogP contribution in [0.4, 0.5) is 9.59 Å². The van der Waals surface area contributed by atoms with Crippen molar-refractivity contribution in [3.05, 3.63) is 84.7 Å². The molecule has 2 aliphatic heterocycles. The van der Waals surface area contributed by atoms with Gasteiger partial charge in [-0.05, 0) is 92.0 Å². The number of carbonyl (C=O) groups is 3. The van der Waals surface area contributed by atoms with Crippen LogP contribution in [0.3, 0.4) is 0 Å². The number of methoxy groups -OCH3 is 1. The van der Waals surface area contributed by atoms with E-state index in [2.05, 4.69) is 85.9 Å². The molecule has 0 saturated carbocycles. The monoisotopic (exact) mass is 731 g/mol. The zero-order chi connectivity index (χ0) is 38.1. The molecular formula is C42H49N7O5. The van der Waals surface area contributed by atoms with Gasteiger partial charge in [0.05, 0.1) is 43.0 Å². The third-order valence-electron chi connectivity index (χ3n) is 10.3. The summed E-state index contributed by atoms with van der Waals surface area (Å²) in [5.74, 6) is 1.29. The van der Waals surface area contributed by atoms with E-state index in [1.54, 1.807) is 4.90 Å². The number of carbonyl (C=O) groups excluding carboxylic acids is 3. The normalized spacial score (nSPS) is 18.0. The second kappa shape index (κ2) is 15.0. The van der Waals surface area contributed by atoms with Crippen molar-refractivity contribution in [1.82, 2.24) is 35.1 Å². The minimum Gasteiger partial charge on any atom is -0.453 e. The summed E-state index contributed by atoms with van der Waals surface area (Å²) >= 11 is 0. The molecule has 7 rings (SSSR count). The van der Waals surface area contributed by atoms with Gasteiger partial charge in [0.15, 0.2) is 0 Å². The molecule has 3 aromatic carbocycles. The maximum Gasteiger partial charge on any atom is 0.410 e. The number of imidazole rings is 2. The number of fused-ring (bicyclic) bond motifs is 1. The molecule has 1 unspecified atom stereocenters. The van der Waals surface area contributed by atoms with E-state index in [9.17, 15) is 14.4 Å². The molecule has 12 nitrogen and oxygen atoms in total. The number of aromatic amines is 2. The predicted molar refractivity (Wildman–Crippen MR) is 207 cm³/mol. The lowest BCUT2D eigenvalue weighted by molar-refractivity contribution is -0.135.